The van der Waals surface area contributed by atoms with Gasteiger partial charge in [0, 0.05) is 25.7 Å². The smallest absolute Gasteiger partial charge is 0.337 e. The van der Waals surface area contributed by atoms with Crippen LogP contribution in [0.4, 0.5) is 0 Å². The van der Waals surface area contributed by atoms with Crippen LogP contribution >= 0.6 is 0 Å². The number of carbonyl (C=O) groups excluding carboxylic acids is 1. The van der Waals surface area contributed by atoms with Crippen molar-refractivity contribution in [1.82, 2.24) is 9.80 Å². The Morgan fingerprint density at radius 2 is 1.88 bits per heavy atom. The van der Waals surface area contributed by atoms with E-state index in [1.165, 1.54) is 25.5 Å². The summed E-state index contributed by atoms with van der Waals surface area (Å²) in [5.74, 6) is 0.222. The molecule has 5 nitrogen and oxygen atoms in total. The third-order valence-electron chi connectivity index (χ3n) is 5.69. The van der Waals surface area contributed by atoms with E-state index in [1.807, 2.05) is 24.3 Å². The first-order chi connectivity index (χ1) is 12.2. The Bertz CT molecular complexity index is 553. The highest BCUT2D eigenvalue weighted by Gasteiger charge is 2.28. The van der Waals surface area contributed by atoms with E-state index in [4.69, 9.17) is 4.74 Å². The Hall–Kier alpha value is -1.43. The van der Waals surface area contributed by atoms with E-state index in [1.54, 1.807) is 0 Å². The predicted octanol–water partition coefficient (Wildman–Crippen LogP) is 2.14. The van der Waals surface area contributed by atoms with Crippen LogP contribution < -0.4 is 0 Å². The van der Waals surface area contributed by atoms with Gasteiger partial charge in [-0.15, -0.1) is 0 Å². The quantitative estimate of drug-likeness (QED) is 0.828. The molecule has 2 heterocycles. The van der Waals surface area contributed by atoms with Gasteiger partial charge in [-0.2, -0.15) is 0 Å². The second-order valence-electron chi connectivity index (χ2n) is 7.38. The summed E-state index contributed by atoms with van der Waals surface area (Å²) in [6.45, 7) is 5.78. The lowest BCUT2D eigenvalue weighted by atomic mass is 9.94. The second-order valence-corrected chi connectivity index (χ2v) is 7.38. The number of nitrogens with zero attached hydrogens (tertiary/aromatic N) is 2. The lowest BCUT2D eigenvalue weighted by Gasteiger charge is -2.42. The number of aliphatic hydroxyl groups is 1. The van der Waals surface area contributed by atoms with Gasteiger partial charge in [0.1, 0.15) is 0 Å². The Kier molecular flexibility index (Phi) is 6.45. The number of hydrogen-bond donors (Lipinski definition) is 1. The molecular formula is C20H30N2O3. The summed E-state index contributed by atoms with van der Waals surface area (Å²) in [5.41, 5.74) is 1.85. The Balaban J connectivity index is 1.52. The molecule has 25 heavy (non-hydrogen) atoms. The van der Waals surface area contributed by atoms with Crippen molar-refractivity contribution in [1.29, 1.82) is 0 Å². The zero-order chi connectivity index (χ0) is 17.6. The average Bonchev–Trinajstić information content (AvgIpc) is 2.68. The van der Waals surface area contributed by atoms with Crippen LogP contribution in [0.5, 0.6) is 0 Å². The maximum atomic E-state index is 11.5. The molecule has 1 atom stereocenters. The minimum Gasteiger partial charge on any atom is -0.465 e. The number of piperidine rings is 2. The summed E-state index contributed by atoms with van der Waals surface area (Å²) in [6.07, 6.45) is 4.77. The summed E-state index contributed by atoms with van der Waals surface area (Å²) in [5, 5.41) is 9.31. The number of aliphatic hydroxyl groups excluding tert-OH is 1. The minimum atomic E-state index is -0.282. The number of ether oxygens (including phenoxy) is 1. The number of esters is 1. The van der Waals surface area contributed by atoms with Crippen LogP contribution in [-0.2, 0) is 11.3 Å². The molecule has 0 amide bonds. The van der Waals surface area contributed by atoms with Crippen LogP contribution in [0, 0.1) is 5.92 Å². The van der Waals surface area contributed by atoms with Crippen LogP contribution in [0.3, 0.4) is 0 Å². The Morgan fingerprint density at radius 1 is 1.16 bits per heavy atom. The molecule has 2 fully saturated rings. The first kappa shape index (κ1) is 18.4. The minimum absolute atomic E-state index is 0.282. The van der Waals surface area contributed by atoms with Crippen molar-refractivity contribution in [3.05, 3.63) is 35.4 Å². The number of benzene rings is 1. The molecule has 2 aliphatic rings. The maximum absolute atomic E-state index is 11.5. The van der Waals surface area contributed by atoms with Crippen molar-refractivity contribution in [3.63, 3.8) is 0 Å². The number of carbonyl (C=O) groups is 1. The van der Waals surface area contributed by atoms with Crippen molar-refractivity contribution >= 4 is 5.97 Å². The van der Waals surface area contributed by atoms with Gasteiger partial charge < -0.3 is 9.84 Å². The first-order valence-electron chi connectivity index (χ1n) is 9.44. The summed E-state index contributed by atoms with van der Waals surface area (Å²) in [7, 11) is 1.41. The van der Waals surface area contributed by atoms with Gasteiger partial charge in [-0.1, -0.05) is 12.1 Å². The zero-order valence-corrected chi connectivity index (χ0v) is 15.2. The van der Waals surface area contributed by atoms with Crippen molar-refractivity contribution in [2.45, 2.75) is 38.3 Å². The molecule has 0 aromatic heterocycles. The SMILES string of the molecule is COC(=O)c1ccc(CN2CCC[C@H](N3CCC(CO)CC3)C2)cc1. The summed E-state index contributed by atoms with van der Waals surface area (Å²) in [4.78, 5) is 16.7. The molecule has 0 bridgehead atoms. The second kappa shape index (κ2) is 8.79. The standard InChI is InChI=1S/C20H30N2O3/c1-25-20(24)18-6-4-16(5-7-18)13-21-10-2-3-19(14-21)22-11-8-17(15-23)9-12-22/h4-7,17,19,23H,2-3,8-15H2,1H3/t19-/m0/s1. The fourth-order valence-corrected chi connectivity index (χ4v) is 4.10. The van der Waals surface area contributed by atoms with Gasteiger partial charge in [0.05, 0.1) is 12.7 Å². The largest absolute Gasteiger partial charge is 0.465 e. The number of methoxy groups -OCH3 is 1. The summed E-state index contributed by atoms with van der Waals surface area (Å²) < 4.78 is 4.75. The first-order valence-corrected chi connectivity index (χ1v) is 9.44. The summed E-state index contributed by atoms with van der Waals surface area (Å²) >= 11 is 0. The van der Waals surface area contributed by atoms with Crippen molar-refractivity contribution in [2.75, 3.05) is 39.9 Å². The van der Waals surface area contributed by atoms with Gasteiger partial charge in [0.2, 0.25) is 0 Å². The molecule has 1 aromatic rings. The van der Waals surface area contributed by atoms with Crippen LogP contribution in [0.1, 0.15) is 41.6 Å². The summed E-state index contributed by atoms with van der Waals surface area (Å²) in [6, 6.07) is 8.40. The molecule has 0 aliphatic carbocycles. The highest BCUT2D eigenvalue weighted by atomic mass is 16.5. The molecule has 0 spiro atoms. The van der Waals surface area contributed by atoms with Crippen molar-refractivity contribution in [2.24, 2.45) is 5.92 Å². The van der Waals surface area contributed by atoms with E-state index in [9.17, 15) is 9.90 Å². The lowest BCUT2D eigenvalue weighted by Crippen LogP contribution is -2.50. The molecule has 2 aliphatic heterocycles. The number of rotatable bonds is 5. The predicted molar refractivity (Wildman–Crippen MR) is 97.5 cm³/mol. The number of likely N-dealkylation sites (tertiary alicyclic amines) is 2. The molecule has 0 unspecified atom stereocenters. The van der Waals surface area contributed by atoms with Gasteiger partial charge in [0.15, 0.2) is 0 Å². The van der Waals surface area contributed by atoms with E-state index in [0.29, 0.717) is 24.1 Å². The van der Waals surface area contributed by atoms with E-state index in [-0.39, 0.29) is 5.97 Å². The van der Waals surface area contributed by atoms with E-state index < -0.39 is 0 Å². The van der Waals surface area contributed by atoms with E-state index in [2.05, 4.69) is 9.80 Å². The van der Waals surface area contributed by atoms with Gasteiger partial charge in [-0.05, 0) is 68.9 Å². The molecule has 1 aromatic carbocycles. The Morgan fingerprint density at radius 3 is 2.52 bits per heavy atom. The van der Waals surface area contributed by atoms with Gasteiger partial charge >= 0.3 is 5.97 Å². The zero-order valence-electron chi connectivity index (χ0n) is 15.2. The fraction of sp³-hybridized carbons (Fsp3) is 0.650. The molecule has 0 radical (unpaired) electrons. The highest BCUT2D eigenvalue weighted by molar-refractivity contribution is 5.89. The van der Waals surface area contributed by atoms with Gasteiger partial charge in [-0.3, -0.25) is 9.80 Å². The van der Waals surface area contributed by atoms with Gasteiger partial charge in [-0.25, -0.2) is 4.79 Å². The molecule has 138 valence electrons. The molecule has 2 saturated heterocycles. The van der Waals surface area contributed by atoms with Crippen molar-refractivity contribution < 1.29 is 14.6 Å². The van der Waals surface area contributed by atoms with Gasteiger partial charge in [0.25, 0.3) is 0 Å². The normalized spacial score (nSPS) is 23.5. The highest BCUT2D eigenvalue weighted by Crippen LogP contribution is 2.24. The maximum Gasteiger partial charge on any atom is 0.337 e. The van der Waals surface area contributed by atoms with Crippen LogP contribution in [0.2, 0.25) is 0 Å². The third-order valence-corrected chi connectivity index (χ3v) is 5.69. The van der Waals surface area contributed by atoms with E-state index in [0.717, 1.165) is 45.6 Å². The average molecular weight is 346 g/mol. The molecule has 5 heteroatoms. The molecule has 3 rings (SSSR count). The fourth-order valence-electron chi connectivity index (χ4n) is 4.10. The van der Waals surface area contributed by atoms with Crippen molar-refractivity contribution in [3.8, 4) is 0 Å². The monoisotopic (exact) mass is 346 g/mol. The third kappa shape index (κ3) is 4.81. The molecular weight excluding hydrogens is 316 g/mol. The number of hydrogen-bond acceptors (Lipinski definition) is 5. The topological polar surface area (TPSA) is 53.0 Å². The molecule has 0 saturated carbocycles. The van der Waals surface area contributed by atoms with Crippen LogP contribution in [0.15, 0.2) is 24.3 Å². The Labute approximate surface area is 150 Å². The lowest BCUT2D eigenvalue weighted by molar-refractivity contribution is 0.0544. The molecule has 1 N–H and O–H groups in total. The van der Waals surface area contributed by atoms with Crippen LogP contribution in [0.25, 0.3) is 0 Å². The van der Waals surface area contributed by atoms with Crippen LogP contribution in [-0.4, -0.2) is 66.8 Å². The van der Waals surface area contributed by atoms with E-state index >= 15 is 0 Å².